The third-order valence-electron chi connectivity index (χ3n) is 3.98. The molecule has 3 aromatic rings. The van der Waals surface area contributed by atoms with E-state index in [1.807, 2.05) is 0 Å². The van der Waals surface area contributed by atoms with Crippen molar-refractivity contribution in [2.24, 2.45) is 0 Å². The van der Waals surface area contributed by atoms with Crippen LogP contribution in [0.3, 0.4) is 0 Å². The summed E-state index contributed by atoms with van der Waals surface area (Å²) in [6, 6.07) is 10.2. The Morgan fingerprint density at radius 3 is 2.74 bits per heavy atom. The van der Waals surface area contributed by atoms with Gasteiger partial charge in [0.15, 0.2) is 16.6 Å². The summed E-state index contributed by atoms with van der Waals surface area (Å²) in [6.45, 7) is 0.658. The molecule has 136 valence electrons. The van der Waals surface area contributed by atoms with Gasteiger partial charge in [-0.1, -0.05) is 12.1 Å². The number of hydrogen-bond donors (Lipinski definition) is 2. The third kappa shape index (κ3) is 3.47. The average molecular weight is 382 g/mol. The predicted octanol–water partition coefficient (Wildman–Crippen LogP) is 3.53. The summed E-state index contributed by atoms with van der Waals surface area (Å²) >= 11 is 1.33. The minimum absolute atomic E-state index is 0.0276. The molecule has 2 N–H and O–H groups in total. The number of hydrogen-bond acceptors (Lipinski definition) is 6. The van der Waals surface area contributed by atoms with Crippen LogP contribution >= 0.6 is 11.3 Å². The standard InChI is InChI=1S/C19H14N2O5S/c22-17(21-19-20-4-7-27-19)12-3-1-2-11(8-12)13-9-14(18(23)24)16-15(10-13)25-5-6-26-16/h1-4,7-10H,5-6H2,(H,23,24)(H,20,21,22). The van der Waals surface area contributed by atoms with Crippen molar-refractivity contribution in [1.82, 2.24) is 4.98 Å². The molecule has 0 radical (unpaired) electrons. The second-order valence-corrected chi connectivity index (χ2v) is 6.62. The molecule has 0 saturated carbocycles. The maximum Gasteiger partial charge on any atom is 0.339 e. The van der Waals surface area contributed by atoms with Crippen molar-refractivity contribution in [2.75, 3.05) is 18.5 Å². The van der Waals surface area contributed by atoms with Crippen molar-refractivity contribution in [3.8, 4) is 22.6 Å². The molecule has 0 fully saturated rings. The van der Waals surface area contributed by atoms with Crippen LogP contribution in [0.4, 0.5) is 5.13 Å². The van der Waals surface area contributed by atoms with Gasteiger partial charge in [0.2, 0.25) is 0 Å². The molecule has 27 heavy (non-hydrogen) atoms. The topological polar surface area (TPSA) is 97.8 Å². The first-order valence-corrected chi connectivity index (χ1v) is 8.98. The zero-order valence-corrected chi connectivity index (χ0v) is 14.8. The number of thiazole rings is 1. The van der Waals surface area contributed by atoms with E-state index in [0.717, 1.165) is 0 Å². The van der Waals surface area contributed by atoms with E-state index in [1.54, 1.807) is 41.9 Å². The summed E-state index contributed by atoms with van der Waals surface area (Å²) in [5.41, 5.74) is 1.79. The number of aromatic carboxylic acids is 1. The molecular formula is C19H14N2O5S. The Labute approximate surface area is 158 Å². The number of nitrogens with zero attached hydrogens (tertiary/aromatic N) is 1. The number of fused-ring (bicyclic) bond motifs is 1. The van der Waals surface area contributed by atoms with Crippen LogP contribution in [0.25, 0.3) is 11.1 Å². The van der Waals surface area contributed by atoms with Gasteiger partial charge in [-0.2, -0.15) is 0 Å². The first-order chi connectivity index (χ1) is 13.1. The lowest BCUT2D eigenvalue weighted by Gasteiger charge is -2.21. The van der Waals surface area contributed by atoms with E-state index in [0.29, 0.717) is 40.8 Å². The molecule has 0 spiro atoms. The van der Waals surface area contributed by atoms with Crippen LogP contribution in [0.5, 0.6) is 11.5 Å². The number of benzene rings is 2. The van der Waals surface area contributed by atoms with E-state index in [4.69, 9.17) is 9.47 Å². The fourth-order valence-corrected chi connectivity index (χ4v) is 3.30. The molecule has 1 amide bonds. The molecule has 1 aliphatic heterocycles. The number of anilines is 1. The van der Waals surface area contributed by atoms with Crippen LogP contribution in [-0.4, -0.2) is 35.2 Å². The zero-order chi connectivity index (χ0) is 18.8. The van der Waals surface area contributed by atoms with Crippen LogP contribution in [0.2, 0.25) is 0 Å². The van der Waals surface area contributed by atoms with Crippen LogP contribution < -0.4 is 14.8 Å². The molecule has 1 aromatic heterocycles. The first kappa shape index (κ1) is 17.0. The molecule has 2 heterocycles. The number of carboxylic acid groups (broad SMARTS) is 1. The van der Waals surface area contributed by atoms with Gasteiger partial charge in [-0.25, -0.2) is 9.78 Å². The maximum absolute atomic E-state index is 12.4. The zero-order valence-electron chi connectivity index (χ0n) is 14.0. The molecule has 0 unspecified atom stereocenters. The van der Waals surface area contributed by atoms with Crippen molar-refractivity contribution >= 4 is 28.3 Å². The lowest BCUT2D eigenvalue weighted by molar-refractivity contribution is 0.0686. The molecule has 4 rings (SSSR count). The Balaban J connectivity index is 1.70. The second kappa shape index (κ2) is 7.08. The summed E-state index contributed by atoms with van der Waals surface area (Å²) in [7, 11) is 0. The van der Waals surface area contributed by atoms with Crippen LogP contribution in [0.15, 0.2) is 48.0 Å². The largest absolute Gasteiger partial charge is 0.486 e. The number of nitrogens with one attached hydrogen (secondary N) is 1. The quantitative estimate of drug-likeness (QED) is 0.716. The van der Waals surface area contributed by atoms with Crippen molar-refractivity contribution in [2.45, 2.75) is 0 Å². The number of aromatic nitrogens is 1. The smallest absolute Gasteiger partial charge is 0.339 e. The Kier molecular flexibility index (Phi) is 4.47. The van der Waals surface area contributed by atoms with Gasteiger partial charge in [0.25, 0.3) is 5.91 Å². The Hall–Kier alpha value is -3.39. The summed E-state index contributed by atoms with van der Waals surface area (Å²) in [5.74, 6) is -0.775. The van der Waals surface area contributed by atoms with E-state index < -0.39 is 5.97 Å². The first-order valence-electron chi connectivity index (χ1n) is 8.10. The summed E-state index contributed by atoms with van der Waals surface area (Å²) in [6.07, 6.45) is 1.61. The lowest BCUT2D eigenvalue weighted by Crippen LogP contribution is -2.18. The number of carbonyl (C=O) groups is 2. The van der Waals surface area contributed by atoms with E-state index in [1.165, 1.54) is 17.4 Å². The molecule has 7 nitrogen and oxygen atoms in total. The maximum atomic E-state index is 12.4. The SMILES string of the molecule is O=C(Nc1nccs1)c1cccc(-c2cc3c(c(C(=O)O)c2)OCCO3)c1. The van der Waals surface area contributed by atoms with Crippen molar-refractivity contribution in [3.63, 3.8) is 0 Å². The molecule has 8 heteroatoms. The Morgan fingerprint density at radius 1 is 1.11 bits per heavy atom. The molecule has 0 atom stereocenters. The average Bonchev–Trinajstić information content (AvgIpc) is 3.20. The van der Waals surface area contributed by atoms with Gasteiger partial charge in [-0.3, -0.25) is 10.1 Å². The number of rotatable bonds is 4. The molecular weight excluding hydrogens is 368 g/mol. The minimum atomic E-state index is -1.10. The fourth-order valence-electron chi connectivity index (χ4n) is 2.77. The third-order valence-corrected chi connectivity index (χ3v) is 4.67. The van der Waals surface area contributed by atoms with Crippen molar-refractivity contribution < 1.29 is 24.2 Å². The van der Waals surface area contributed by atoms with E-state index in [2.05, 4.69) is 10.3 Å². The van der Waals surface area contributed by atoms with Crippen LogP contribution in [0, 0.1) is 0 Å². The molecule has 0 saturated heterocycles. The minimum Gasteiger partial charge on any atom is -0.486 e. The highest BCUT2D eigenvalue weighted by atomic mass is 32.1. The monoisotopic (exact) mass is 382 g/mol. The second-order valence-electron chi connectivity index (χ2n) is 5.73. The molecule has 1 aliphatic rings. The van der Waals surface area contributed by atoms with Gasteiger partial charge in [0, 0.05) is 17.1 Å². The predicted molar refractivity (Wildman–Crippen MR) is 99.9 cm³/mol. The number of amides is 1. The molecule has 0 aliphatic carbocycles. The highest BCUT2D eigenvalue weighted by Gasteiger charge is 2.22. The number of ether oxygens (including phenoxy) is 2. The van der Waals surface area contributed by atoms with E-state index in [-0.39, 0.29) is 17.2 Å². The van der Waals surface area contributed by atoms with Gasteiger partial charge in [0.1, 0.15) is 18.8 Å². The van der Waals surface area contributed by atoms with Gasteiger partial charge >= 0.3 is 5.97 Å². The number of carboxylic acids is 1. The Morgan fingerprint density at radius 2 is 1.96 bits per heavy atom. The molecule has 0 bridgehead atoms. The fraction of sp³-hybridized carbons (Fsp3) is 0.105. The Bertz CT molecular complexity index is 1020. The van der Waals surface area contributed by atoms with Gasteiger partial charge in [-0.05, 0) is 35.4 Å². The van der Waals surface area contributed by atoms with Gasteiger partial charge in [0.05, 0.1) is 0 Å². The van der Waals surface area contributed by atoms with Crippen LogP contribution in [-0.2, 0) is 0 Å². The normalized spacial score (nSPS) is 12.4. The van der Waals surface area contributed by atoms with E-state index in [9.17, 15) is 14.7 Å². The van der Waals surface area contributed by atoms with E-state index >= 15 is 0 Å². The highest BCUT2D eigenvalue weighted by Crippen LogP contribution is 2.38. The van der Waals surface area contributed by atoms with Crippen molar-refractivity contribution in [3.05, 3.63) is 59.1 Å². The summed E-state index contributed by atoms with van der Waals surface area (Å²) in [5, 5.41) is 14.5. The summed E-state index contributed by atoms with van der Waals surface area (Å²) in [4.78, 5) is 28.1. The number of carbonyl (C=O) groups excluding carboxylic acids is 1. The van der Waals surface area contributed by atoms with Crippen molar-refractivity contribution in [1.29, 1.82) is 0 Å². The lowest BCUT2D eigenvalue weighted by atomic mass is 9.99. The van der Waals surface area contributed by atoms with Crippen LogP contribution in [0.1, 0.15) is 20.7 Å². The molecule has 2 aromatic carbocycles. The summed E-state index contributed by atoms with van der Waals surface area (Å²) < 4.78 is 11.0. The van der Waals surface area contributed by atoms with Gasteiger partial charge in [-0.15, -0.1) is 11.3 Å². The highest BCUT2D eigenvalue weighted by molar-refractivity contribution is 7.13. The van der Waals surface area contributed by atoms with Gasteiger partial charge < -0.3 is 14.6 Å².